The molecule has 0 radical (unpaired) electrons. The minimum Gasteiger partial charge on any atom is -0.313 e. The third-order valence-electron chi connectivity index (χ3n) is 6.33. The quantitative estimate of drug-likeness (QED) is 0.378. The van der Waals surface area contributed by atoms with Crippen LogP contribution in [0.4, 0.5) is 5.00 Å². The lowest BCUT2D eigenvalue weighted by molar-refractivity contribution is 0.102. The molecule has 1 aliphatic rings. The molecule has 168 valence electrons. The molecule has 1 amide bonds. The normalized spacial score (nSPS) is 16.1. The van der Waals surface area contributed by atoms with Gasteiger partial charge in [-0.25, -0.2) is 0 Å². The first-order valence-electron chi connectivity index (χ1n) is 11.5. The maximum Gasteiger partial charge on any atom is 0.256 e. The summed E-state index contributed by atoms with van der Waals surface area (Å²) in [5.74, 6) is 0.733. The Morgan fingerprint density at radius 2 is 1.81 bits per heavy atom. The number of thioether (sulfide) groups is 1. The van der Waals surface area contributed by atoms with Crippen LogP contribution in [0.5, 0.6) is 0 Å². The number of hydrogen-bond acceptors (Lipinski definition) is 4. The Hall–Kier alpha value is -2.08. The van der Waals surface area contributed by atoms with Crippen LogP contribution >= 0.6 is 23.1 Å². The highest BCUT2D eigenvalue weighted by Gasteiger charge is 2.29. The number of aryl methyl sites for hydroxylation is 1. The van der Waals surface area contributed by atoms with Gasteiger partial charge in [-0.3, -0.25) is 9.69 Å². The number of benzene rings is 2. The summed E-state index contributed by atoms with van der Waals surface area (Å²) >= 11 is 3.48. The number of likely N-dealkylation sites (tertiary alicyclic amines) is 1. The number of amides is 1. The van der Waals surface area contributed by atoms with Crippen LogP contribution in [0, 0.1) is 5.92 Å². The summed E-state index contributed by atoms with van der Waals surface area (Å²) in [4.78, 5) is 18.2. The molecule has 4 rings (SSSR count). The molecule has 5 heteroatoms. The van der Waals surface area contributed by atoms with Gasteiger partial charge in [0, 0.05) is 20.9 Å². The number of carbonyl (C=O) groups is 1. The number of nitrogens with one attached hydrogen (secondary N) is 1. The summed E-state index contributed by atoms with van der Waals surface area (Å²) in [6.45, 7) is 6.70. The SMILES string of the molecule is CCc1cc(C(c2ccc(SC)cc2)N2CCC(C)CC2)c(NC(=O)c2ccccc2)s1. The van der Waals surface area contributed by atoms with Crippen molar-refractivity contribution >= 4 is 34.0 Å². The van der Waals surface area contributed by atoms with Gasteiger partial charge in [-0.05, 0) is 80.4 Å². The summed E-state index contributed by atoms with van der Waals surface area (Å²) in [6, 6.07) is 20.9. The summed E-state index contributed by atoms with van der Waals surface area (Å²) < 4.78 is 0. The molecule has 0 spiro atoms. The van der Waals surface area contributed by atoms with Crippen molar-refractivity contribution in [2.45, 2.75) is 44.0 Å². The van der Waals surface area contributed by atoms with E-state index >= 15 is 0 Å². The maximum atomic E-state index is 13.0. The van der Waals surface area contributed by atoms with E-state index in [1.165, 1.54) is 33.7 Å². The summed E-state index contributed by atoms with van der Waals surface area (Å²) in [6.07, 6.45) is 5.52. The molecule has 32 heavy (non-hydrogen) atoms. The van der Waals surface area contributed by atoms with Crippen molar-refractivity contribution < 1.29 is 4.79 Å². The zero-order valence-corrected chi connectivity index (χ0v) is 20.8. The van der Waals surface area contributed by atoms with Gasteiger partial charge in [-0.2, -0.15) is 0 Å². The number of thiophene rings is 1. The van der Waals surface area contributed by atoms with E-state index in [1.54, 1.807) is 23.1 Å². The van der Waals surface area contributed by atoms with Crippen molar-refractivity contribution in [3.63, 3.8) is 0 Å². The zero-order valence-electron chi connectivity index (χ0n) is 19.1. The van der Waals surface area contributed by atoms with E-state index in [4.69, 9.17) is 0 Å². The molecule has 1 saturated heterocycles. The first kappa shape index (κ1) is 23.1. The Labute approximate surface area is 200 Å². The third-order valence-corrected chi connectivity index (χ3v) is 8.29. The van der Waals surface area contributed by atoms with Crippen molar-refractivity contribution in [1.82, 2.24) is 4.90 Å². The molecule has 2 aromatic carbocycles. The molecule has 0 saturated carbocycles. The predicted molar refractivity (Wildman–Crippen MR) is 138 cm³/mol. The zero-order chi connectivity index (χ0) is 22.5. The number of nitrogens with zero attached hydrogens (tertiary/aromatic N) is 1. The van der Waals surface area contributed by atoms with Crippen LogP contribution in [0.3, 0.4) is 0 Å². The summed E-state index contributed by atoms with van der Waals surface area (Å²) in [7, 11) is 0. The number of hydrogen-bond donors (Lipinski definition) is 1. The van der Waals surface area contributed by atoms with E-state index in [9.17, 15) is 4.79 Å². The van der Waals surface area contributed by atoms with Crippen molar-refractivity contribution in [3.05, 3.63) is 82.2 Å². The number of rotatable bonds is 7. The summed E-state index contributed by atoms with van der Waals surface area (Å²) in [5, 5.41) is 4.23. The second kappa shape index (κ2) is 10.7. The van der Waals surface area contributed by atoms with E-state index < -0.39 is 0 Å². The molecule has 1 N–H and O–H groups in total. The second-order valence-electron chi connectivity index (χ2n) is 8.57. The highest BCUT2D eigenvalue weighted by molar-refractivity contribution is 7.98. The van der Waals surface area contributed by atoms with Gasteiger partial charge in [0.05, 0.1) is 6.04 Å². The Morgan fingerprint density at radius 1 is 1.12 bits per heavy atom. The molecule has 1 atom stereocenters. The van der Waals surface area contributed by atoms with Crippen molar-refractivity contribution in [3.8, 4) is 0 Å². The summed E-state index contributed by atoms with van der Waals surface area (Å²) in [5.41, 5.74) is 3.22. The number of carbonyl (C=O) groups excluding carboxylic acids is 1. The first-order chi connectivity index (χ1) is 15.6. The van der Waals surface area contributed by atoms with E-state index in [0.29, 0.717) is 5.56 Å². The van der Waals surface area contributed by atoms with Gasteiger partial charge in [0.15, 0.2) is 0 Å². The predicted octanol–water partition coefficient (Wildman–Crippen LogP) is 7.11. The van der Waals surface area contributed by atoms with Crippen LogP contribution in [0.15, 0.2) is 65.6 Å². The maximum absolute atomic E-state index is 13.0. The molecule has 3 aromatic rings. The Morgan fingerprint density at radius 3 is 2.44 bits per heavy atom. The molecule has 0 bridgehead atoms. The van der Waals surface area contributed by atoms with Crippen LogP contribution in [-0.2, 0) is 6.42 Å². The first-order valence-corrected chi connectivity index (χ1v) is 13.5. The van der Waals surface area contributed by atoms with Crippen LogP contribution in [0.1, 0.15) is 59.1 Å². The topological polar surface area (TPSA) is 32.3 Å². The van der Waals surface area contributed by atoms with Gasteiger partial charge in [0.2, 0.25) is 0 Å². The monoisotopic (exact) mass is 464 g/mol. The van der Waals surface area contributed by atoms with Gasteiger partial charge >= 0.3 is 0 Å². The highest BCUT2D eigenvalue weighted by atomic mass is 32.2. The third kappa shape index (κ3) is 5.28. The van der Waals surface area contributed by atoms with Gasteiger partial charge < -0.3 is 5.32 Å². The highest BCUT2D eigenvalue weighted by Crippen LogP contribution is 2.41. The molecule has 3 nitrogen and oxygen atoms in total. The molecular formula is C27H32N2OS2. The molecular weight excluding hydrogens is 432 g/mol. The smallest absolute Gasteiger partial charge is 0.256 e. The fourth-order valence-corrected chi connectivity index (χ4v) is 5.79. The molecule has 1 aliphatic heterocycles. The van der Waals surface area contributed by atoms with Crippen LogP contribution in [-0.4, -0.2) is 30.2 Å². The van der Waals surface area contributed by atoms with E-state index in [0.717, 1.165) is 30.4 Å². The second-order valence-corrected chi connectivity index (χ2v) is 10.6. The average molecular weight is 465 g/mol. The molecule has 1 aromatic heterocycles. The lowest BCUT2D eigenvalue weighted by atomic mass is 9.92. The van der Waals surface area contributed by atoms with Crippen molar-refractivity contribution in [2.24, 2.45) is 5.92 Å². The van der Waals surface area contributed by atoms with E-state index in [-0.39, 0.29) is 11.9 Å². The Kier molecular flexibility index (Phi) is 7.71. The van der Waals surface area contributed by atoms with Crippen molar-refractivity contribution in [2.75, 3.05) is 24.7 Å². The molecule has 0 aliphatic carbocycles. The lowest BCUT2D eigenvalue weighted by Gasteiger charge is -2.37. The standard InChI is InChI=1S/C27H32N2OS2/c1-4-22-18-24(27(32-22)28-26(30)21-8-6-5-7-9-21)25(29-16-14-19(2)15-17-29)20-10-12-23(31-3)13-11-20/h5-13,18-19,25H,4,14-17H2,1-3H3,(H,28,30). The fourth-order valence-electron chi connectivity index (χ4n) is 4.36. The van der Waals surface area contributed by atoms with E-state index in [2.05, 4.69) is 60.7 Å². The van der Waals surface area contributed by atoms with Crippen LogP contribution < -0.4 is 5.32 Å². The molecule has 1 unspecified atom stereocenters. The largest absolute Gasteiger partial charge is 0.313 e. The minimum atomic E-state index is -0.0416. The molecule has 1 fully saturated rings. The van der Waals surface area contributed by atoms with Gasteiger partial charge in [-0.1, -0.05) is 44.2 Å². The van der Waals surface area contributed by atoms with Gasteiger partial charge in [-0.15, -0.1) is 23.1 Å². The van der Waals surface area contributed by atoms with E-state index in [1.807, 2.05) is 30.3 Å². The van der Waals surface area contributed by atoms with Crippen molar-refractivity contribution in [1.29, 1.82) is 0 Å². The average Bonchev–Trinajstić information content (AvgIpc) is 3.23. The minimum absolute atomic E-state index is 0.0416. The van der Waals surface area contributed by atoms with Gasteiger partial charge in [0.1, 0.15) is 5.00 Å². The van der Waals surface area contributed by atoms with Crippen LogP contribution in [0.25, 0.3) is 0 Å². The fraction of sp³-hybridized carbons (Fsp3) is 0.370. The van der Waals surface area contributed by atoms with Crippen LogP contribution in [0.2, 0.25) is 0 Å². The van der Waals surface area contributed by atoms with Gasteiger partial charge in [0.25, 0.3) is 5.91 Å². The number of anilines is 1. The lowest BCUT2D eigenvalue weighted by Crippen LogP contribution is -2.37. The Bertz CT molecular complexity index is 1020. The Balaban J connectivity index is 1.72. The molecule has 2 heterocycles. The number of piperidine rings is 1.